The Morgan fingerprint density at radius 2 is 1.92 bits per heavy atom. The summed E-state index contributed by atoms with van der Waals surface area (Å²) in [5.41, 5.74) is 0.000361. The van der Waals surface area contributed by atoms with Crippen LogP contribution in [-0.4, -0.2) is 47.5 Å². The number of amides is 4. The number of imide groups is 1. The molecule has 0 aromatic heterocycles. The number of ether oxygens (including phenoxy) is 1. The molecule has 3 rings (SSSR count). The number of nitrogens with zero attached hydrogens (tertiary/aromatic N) is 1. The third kappa shape index (κ3) is 3.60. The number of rotatable bonds is 4. The fourth-order valence-corrected chi connectivity index (χ4v) is 3.31. The van der Waals surface area contributed by atoms with Gasteiger partial charge >= 0.3 is 6.03 Å². The van der Waals surface area contributed by atoms with E-state index in [-0.39, 0.29) is 24.3 Å². The quantitative estimate of drug-likeness (QED) is 0.803. The van der Waals surface area contributed by atoms with E-state index in [1.165, 1.54) is 0 Å². The number of piperidine rings is 1. The SMILES string of the molecule is CC(C)Oc1ccccc1CC(=O)N1CCC2(CC1)NC(=O)NC2=O. The number of benzene rings is 1. The van der Waals surface area contributed by atoms with E-state index in [1.807, 2.05) is 38.1 Å². The van der Waals surface area contributed by atoms with Crippen LogP contribution in [0.1, 0.15) is 32.3 Å². The van der Waals surface area contributed by atoms with E-state index in [9.17, 15) is 14.4 Å². The van der Waals surface area contributed by atoms with Crippen LogP contribution in [0.2, 0.25) is 0 Å². The van der Waals surface area contributed by atoms with Gasteiger partial charge in [0.15, 0.2) is 0 Å². The first kappa shape index (κ1) is 17.3. The summed E-state index contributed by atoms with van der Waals surface area (Å²) in [6.07, 6.45) is 1.16. The van der Waals surface area contributed by atoms with Gasteiger partial charge in [0.05, 0.1) is 12.5 Å². The Labute approximate surface area is 146 Å². The molecular weight excluding hydrogens is 322 g/mol. The van der Waals surface area contributed by atoms with Crippen molar-refractivity contribution in [1.29, 1.82) is 0 Å². The van der Waals surface area contributed by atoms with Crippen LogP contribution in [0.4, 0.5) is 4.79 Å². The maximum absolute atomic E-state index is 12.6. The predicted octanol–water partition coefficient (Wildman–Crippen LogP) is 1.22. The minimum absolute atomic E-state index is 0.000567. The van der Waals surface area contributed by atoms with E-state index in [0.717, 1.165) is 11.3 Å². The van der Waals surface area contributed by atoms with Gasteiger partial charge in [0.1, 0.15) is 11.3 Å². The molecule has 1 aromatic rings. The third-order valence-corrected chi connectivity index (χ3v) is 4.66. The second-order valence-corrected chi connectivity index (χ2v) is 6.82. The Morgan fingerprint density at radius 3 is 2.52 bits per heavy atom. The van der Waals surface area contributed by atoms with Crippen molar-refractivity contribution in [2.24, 2.45) is 0 Å². The number of hydrogen-bond donors (Lipinski definition) is 2. The average Bonchev–Trinajstić information content (AvgIpc) is 2.83. The molecule has 0 aliphatic carbocycles. The van der Waals surface area contributed by atoms with Crippen molar-refractivity contribution < 1.29 is 19.1 Å². The maximum atomic E-state index is 12.6. The highest BCUT2D eigenvalue weighted by molar-refractivity contribution is 6.07. The van der Waals surface area contributed by atoms with Crippen LogP contribution in [0.25, 0.3) is 0 Å². The summed E-state index contributed by atoms with van der Waals surface area (Å²) < 4.78 is 5.76. The van der Waals surface area contributed by atoms with Gasteiger partial charge in [0.2, 0.25) is 5.91 Å². The first-order chi connectivity index (χ1) is 11.9. The molecule has 25 heavy (non-hydrogen) atoms. The van der Waals surface area contributed by atoms with Crippen LogP contribution in [0.15, 0.2) is 24.3 Å². The number of hydrogen-bond acceptors (Lipinski definition) is 4. The molecule has 2 heterocycles. The molecule has 2 fully saturated rings. The first-order valence-electron chi connectivity index (χ1n) is 8.55. The lowest BCUT2D eigenvalue weighted by Gasteiger charge is -2.37. The van der Waals surface area contributed by atoms with Crippen molar-refractivity contribution in [2.75, 3.05) is 13.1 Å². The molecule has 1 aromatic carbocycles. The van der Waals surface area contributed by atoms with E-state index in [0.29, 0.717) is 25.9 Å². The summed E-state index contributed by atoms with van der Waals surface area (Å²) in [6, 6.07) is 7.08. The van der Waals surface area contributed by atoms with Crippen molar-refractivity contribution >= 4 is 17.8 Å². The van der Waals surface area contributed by atoms with Crippen LogP contribution >= 0.6 is 0 Å². The molecule has 134 valence electrons. The molecule has 2 N–H and O–H groups in total. The largest absolute Gasteiger partial charge is 0.491 e. The Bertz CT molecular complexity index is 693. The Kier molecular flexibility index (Phi) is 4.65. The van der Waals surface area contributed by atoms with Crippen molar-refractivity contribution in [3.05, 3.63) is 29.8 Å². The highest BCUT2D eigenvalue weighted by Crippen LogP contribution is 2.27. The monoisotopic (exact) mass is 345 g/mol. The highest BCUT2D eigenvalue weighted by Gasteiger charge is 2.48. The minimum Gasteiger partial charge on any atom is -0.491 e. The number of carbonyl (C=O) groups is 3. The smallest absolute Gasteiger partial charge is 0.322 e. The molecule has 0 atom stereocenters. The van der Waals surface area contributed by atoms with Gasteiger partial charge in [-0.3, -0.25) is 14.9 Å². The van der Waals surface area contributed by atoms with Gasteiger partial charge in [-0.1, -0.05) is 18.2 Å². The number of para-hydroxylation sites is 1. The molecule has 4 amide bonds. The zero-order valence-corrected chi connectivity index (χ0v) is 14.5. The van der Waals surface area contributed by atoms with Crippen LogP contribution < -0.4 is 15.4 Å². The minimum atomic E-state index is -0.855. The second-order valence-electron chi connectivity index (χ2n) is 6.82. The van der Waals surface area contributed by atoms with E-state index in [1.54, 1.807) is 4.90 Å². The molecule has 0 bridgehead atoms. The zero-order chi connectivity index (χ0) is 18.0. The van der Waals surface area contributed by atoms with E-state index in [4.69, 9.17) is 4.74 Å². The summed E-state index contributed by atoms with van der Waals surface area (Å²) >= 11 is 0. The molecule has 7 heteroatoms. The molecule has 2 aliphatic rings. The summed E-state index contributed by atoms with van der Waals surface area (Å²) in [5.74, 6) is 0.432. The van der Waals surface area contributed by atoms with Gasteiger partial charge in [0.25, 0.3) is 5.91 Å². The van der Waals surface area contributed by atoms with Crippen LogP contribution in [0, 0.1) is 0 Å². The van der Waals surface area contributed by atoms with Crippen molar-refractivity contribution in [3.8, 4) is 5.75 Å². The summed E-state index contributed by atoms with van der Waals surface area (Å²) in [7, 11) is 0. The first-order valence-corrected chi connectivity index (χ1v) is 8.55. The Hall–Kier alpha value is -2.57. The van der Waals surface area contributed by atoms with Crippen molar-refractivity contribution in [2.45, 2.75) is 44.8 Å². The van der Waals surface area contributed by atoms with Gasteiger partial charge in [-0.15, -0.1) is 0 Å². The third-order valence-electron chi connectivity index (χ3n) is 4.66. The number of carbonyl (C=O) groups excluding carboxylic acids is 3. The number of likely N-dealkylation sites (tertiary alicyclic amines) is 1. The van der Waals surface area contributed by atoms with Crippen molar-refractivity contribution in [3.63, 3.8) is 0 Å². The predicted molar refractivity (Wildman–Crippen MR) is 91.1 cm³/mol. The molecule has 0 saturated carbocycles. The van der Waals surface area contributed by atoms with Gasteiger partial charge in [0, 0.05) is 18.7 Å². The van der Waals surface area contributed by atoms with Crippen LogP contribution in [-0.2, 0) is 16.0 Å². The van der Waals surface area contributed by atoms with Crippen LogP contribution in [0.3, 0.4) is 0 Å². The maximum Gasteiger partial charge on any atom is 0.322 e. The molecule has 7 nitrogen and oxygen atoms in total. The molecule has 0 radical (unpaired) electrons. The van der Waals surface area contributed by atoms with Crippen molar-refractivity contribution in [1.82, 2.24) is 15.5 Å². The summed E-state index contributed by atoms with van der Waals surface area (Å²) in [4.78, 5) is 37.7. The topological polar surface area (TPSA) is 87.7 Å². The normalized spacial score (nSPS) is 19.1. The number of nitrogens with one attached hydrogen (secondary N) is 2. The zero-order valence-electron chi connectivity index (χ0n) is 14.5. The highest BCUT2D eigenvalue weighted by atomic mass is 16.5. The van der Waals surface area contributed by atoms with E-state index in [2.05, 4.69) is 10.6 Å². The molecular formula is C18H23N3O4. The van der Waals surface area contributed by atoms with Gasteiger partial charge in [-0.25, -0.2) is 4.79 Å². The van der Waals surface area contributed by atoms with Gasteiger partial charge < -0.3 is 15.0 Å². The molecule has 2 aliphatic heterocycles. The lowest BCUT2D eigenvalue weighted by Crippen LogP contribution is -2.55. The summed E-state index contributed by atoms with van der Waals surface area (Å²) in [6.45, 7) is 4.78. The molecule has 2 saturated heterocycles. The van der Waals surface area contributed by atoms with Crippen LogP contribution in [0.5, 0.6) is 5.75 Å². The van der Waals surface area contributed by atoms with E-state index >= 15 is 0 Å². The van der Waals surface area contributed by atoms with E-state index < -0.39 is 11.6 Å². The lowest BCUT2D eigenvalue weighted by molar-refractivity contribution is -0.135. The standard InChI is InChI=1S/C18H23N3O4/c1-12(2)25-14-6-4-3-5-13(14)11-15(22)21-9-7-18(8-10-21)16(23)19-17(24)20-18/h3-6,12H,7-11H2,1-2H3,(H2,19,20,23,24). The average molecular weight is 345 g/mol. The molecule has 1 spiro atoms. The Balaban J connectivity index is 1.62. The fraction of sp³-hybridized carbons (Fsp3) is 0.500. The second kappa shape index (κ2) is 6.74. The van der Waals surface area contributed by atoms with Gasteiger partial charge in [-0.05, 0) is 32.8 Å². The van der Waals surface area contributed by atoms with Gasteiger partial charge in [-0.2, -0.15) is 0 Å². The number of urea groups is 1. The lowest BCUT2D eigenvalue weighted by atomic mass is 9.87. The summed E-state index contributed by atoms with van der Waals surface area (Å²) in [5, 5.41) is 4.98. The Morgan fingerprint density at radius 1 is 1.24 bits per heavy atom. The molecule has 0 unspecified atom stereocenters. The fourth-order valence-electron chi connectivity index (χ4n) is 3.31.